The Morgan fingerprint density at radius 1 is 1.30 bits per heavy atom. The van der Waals surface area contributed by atoms with Gasteiger partial charge in [-0.3, -0.25) is 0 Å². The first-order chi connectivity index (χ1) is 10.9. The van der Waals surface area contributed by atoms with Crippen molar-refractivity contribution in [3.05, 3.63) is 29.7 Å². The van der Waals surface area contributed by atoms with Crippen molar-refractivity contribution in [1.29, 1.82) is 0 Å². The Kier molecular flexibility index (Phi) is 4.42. The lowest BCUT2D eigenvalue weighted by Crippen LogP contribution is -2.25. The Bertz CT molecular complexity index is 792. The van der Waals surface area contributed by atoms with E-state index < -0.39 is 10.0 Å². The van der Waals surface area contributed by atoms with Gasteiger partial charge in [-0.15, -0.1) is 0 Å². The van der Waals surface area contributed by atoms with E-state index in [9.17, 15) is 8.42 Å². The summed E-state index contributed by atoms with van der Waals surface area (Å²) in [6, 6.07) is 2.05. The Morgan fingerprint density at radius 2 is 2.04 bits per heavy atom. The van der Waals surface area contributed by atoms with E-state index in [4.69, 9.17) is 5.14 Å². The summed E-state index contributed by atoms with van der Waals surface area (Å²) >= 11 is 0. The van der Waals surface area contributed by atoms with Gasteiger partial charge in [-0.05, 0) is 56.1 Å². The highest BCUT2D eigenvalue weighted by Gasteiger charge is 2.34. The van der Waals surface area contributed by atoms with Crippen molar-refractivity contribution in [1.82, 2.24) is 14.6 Å². The van der Waals surface area contributed by atoms with E-state index in [-0.39, 0.29) is 11.2 Å². The third-order valence-electron chi connectivity index (χ3n) is 5.15. The molecular formula is C16H24N4O2S. The minimum absolute atomic E-state index is 0.0833. The molecule has 0 unspecified atom stereocenters. The van der Waals surface area contributed by atoms with Crippen molar-refractivity contribution in [2.45, 2.75) is 51.9 Å². The molecule has 1 aliphatic carbocycles. The lowest BCUT2D eigenvalue weighted by Gasteiger charge is -2.28. The van der Waals surface area contributed by atoms with Gasteiger partial charge in [-0.1, -0.05) is 12.8 Å². The van der Waals surface area contributed by atoms with E-state index in [1.807, 2.05) is 12.3 Å². The summed E-state index contributed by atoms with van der Waals surface area (Å²) in [5.41, 5.74) is 3.17. The van der Waals surface area contributed by atoms with Crippen molar-refractivity contribution < 1.29 is 8.42 Å². The number of primary sulfonamides is 1. The first-order valence-corrected chi connectivity index (χ1v) is 9.89. The lowest BCUT2D eigenvalue weighted by atomic mass is 9.78. The molecule has 0 amide bonds. The molecule has 0 radical (unpaired) electrons. The summed E-state index contributed by atoms with van der Waals surface area (Å²) in [5, 5.41) is 9.85. The van der Waals surface area contributed by atoms with E-state index in [1.165, 1.54) is 12.8 Å². The van der Waals surface area contributed by atoms with E-state index in [0.29, 0.717) is 6.42 Å². The summed E-state index contributed by atoms with van der Waals surface area (Å²) in [6.07, 6.45) is 10.6. The Balaban J connectivity index is 1.74. The van der Waals surface area contributed by atoms with Crippen molar-refractivity contribution >= 4 is 15.7 Å². The number of aryl methyl sites for hydroxylation is 2. The second-order valence-electron chi connectivity index (χ2n) is 6.83. The van der Waals surface area contributed by atoms with E-state index in [2.05, 4.69) is 17.0 Å². The van der Waals surface area contributed by atoms with E-state index in [1.54, 1.807) is 10.7 Å². The zero-order chi connectivity index (χ0) is 16.5. The average Bonchev–Trinajstić information content (AvgIpc) is 3.11. The molecule has 3 rings (SSSR count). The van der Waals surface area contributed by atoms with Crippen LogP contribution in [0.5, 0.6) is 0 Å². The number of hydrogen-bond acceptors (Lipinski definition) is 4. The molecule has 2 aromatic rings. The molecule has 23 heavy (non-hydrogen) atoms. The molecule has 2 aromatic heterocycles. The van der Waals surface area contributed by atoms with Gasteiger partial charge in [-0.25, -0.2) is 23.1 Å². The topological polar surface area (TPSA) is 90.3 Å². The zero-order valence-electron chi connectivity index (χ0n) is 13.5. The van der Waals surface area contributed by atoms with Gasteiger partial charge in [0, 0.05) is 12.4 Å². The Labute approximate surface area is 137 Å². The van der Waals surface area contributed by atoms with Gasteiger partial charge in [-0.2, -0.15) is 5.10 Å². The van der Waals surface area contributed by atoms with Crippen molar-refractivity contribution in [3.63, 3.8) is 0 Å². The quantitative estimate of drug-likeness (QED) is 0.875. The maximum Gasteiger partial charge on any atom is 0.209 e. The van der Waals surface area contributed by atoms with E-state index >= 15 is 0 Å². The number of sulfonamides is 1. The molecule has 0 aromatic carbocycles. The van der Waals surface area contributed by atoms with Crippen LogP contribution in [0.25, 0.3) is 5.65 Å². The highest BCUT2D eigenvalue weighted by atomic mass is 32.2. The molecule has 0 spiro atoms. The second-order valence-corrected chi connectivity index (χ2v) is 8.56. The number of rotatable bonds is 6. The first-order valence-electron chi connectivity index (χ1n) is 8.17. The number of nitrogens with two attached hydrogens (primary N) is 1. The van der Waals surface area contributed by atoms with Crippen molar-refractivity contribution in [2.75, 3.05) is 5.75 Å². The molecule has 0 aliphatic heterocycles. The van der Waals surface area contributed by atoms with Crippen molar-refractivity contribution in [3.8, 4) is 0 Å². The summed E-state index contributed by atoms with van der Waals surface area (Å²) in [4.78, 5) is 4.25. The van der Waals surface area contributed by atoms with E-state index in [0.717, 1.165) is 42.6 Å². The molecule has 0 atom stereocenters. The zero-order valence-corrected chi connectivity index (χ0v) is 14.3. The van der Waals surface area contributed by atoms with Crippen LogP contribution in [0.15, 0.2) is 18.5 Å². The van der Waals surface area contributed by atoms with Crippen molar-refractivity contribution in [2.24, 2.45) is 10.6 Å². The molecule has 126 valence electrons. The van der Waals surface area contributed by atoms with Crippen LogP contribution in [0.3, 0.4) is 0 Å². The molecule has 7 heteroatoms. The summed E-state index contributed by atoms with van der Waals surface area (Å²) < 4.78 is 24.5. The summed E-state index contributed by atoms with van der Waals surface area (Å²) in [7, 11) is -3.39. The second kappa shape index (κ2) is 6.20. The van der Waals surface area contributed by atoms with Gasteiger partial charge in [0.2, 0.25) is 10.0 Å². The van der Waals surface area contributed by atoms with Gasteiger partial charge in [0.25, 0.3) is 0 Å². The fourth-order valence-corrected chi connectivity index (χ4v) is 4.44. The lowest BCUT2D eigenvalue weighted by molar-refractivity contribution is 0.260. The predicted octanol–water partition coefficient (Wildman–Crippen LogP) is 2.21. The molecule has 1 fully saturated rings. The van der Waals surface area contributed by atoms with Gasteiger partial charge in [0.15, 0.2) is 5.65 Å². The highest BCUT2D eigenvalue weighted by molar-refractivity contribution is 7.89. The minimum Gasteiger partial charge on any atom is -0.236 e. The van der Waals surface area contributed by atoms with Crippen LogP contribution >= 0.6 is 0 Å². The predicted molar refractivity (Wildman–Crippen MR) is 89.5 cm³/mol. The summed E-state index contributed by atoms with van der Waals surface area (Å²) in [6.45, 7) is 2.06. The number of fused-ring (bicyclic) bond motifs is 1. The van der Waals surface area contributed by atoms with Crippen LogP contribution in [0, 0.1) is 12.3 Å². The fourth-order valence-electron chi connectivity index (χ4n) is 3.72. The Hall–Kier alpha value is -1.47. The standard InChI is InChI=1S/C16H24N4O2S/c1-13-12-15-18-9-10-20(15)19-14(13)4-7-16(5-2-3-6-16)8-11-23(17,21)22/h9-10,12H,2-8,11H2,1H3,(H2,17,21,22). The third kappa shape index (κ3) is 3.90. The minimum atomic E-state index is -3.39. The third-order valence-corrected chi connectivity index (χ3v) is 5.93. The van der Waals surface area contributed by atoms with Crippen LogP contribution in [0.2, 0.25) is 0 Å². The van der Waals surface area contributed by atoms with Crippen LogP contribution in [0.1, 0.15) is 49.8 Å². The molecule has 6 nitrogen and oxygen atoms in total. The average molecular weight is 336 g/mol. The largest absolute Gasteiger partial charge is 0.236 e. The Morgan fingerprint density at radius 3 is 2.74 bits per heavy atom. The molecule has 0 saturated heterocycles. The fraction of sp³-hybridized carbons (Fsp3) is 0.625. The summed E-state index contributed by atoms with van der Waals surface area (Å²) in [5.74, 6) is 0.0833. The highest BCUT2D eigenvalue weighted by Crippen LogP contribution is 2.45. The number of nitrogens with zero attached hydrogens (tertiary/aromatic N) is 3. The van der Waals surface area contributed by atoms with Crippen LogP contribution < -0.4 is 5.14 Å². The first kappa shape index (κ1) is 16.4. The monoisotopic (exact) mass is 336 g/mol. The van der Waals surface area contributed by atoms with Crippen LogP contribution in [-0.4, -0.2) is 28.8 Å². The molecule has 2 heterocycles. The molecule has 2 N–H and O–H groups in total. The number of hydrogen-bond donors (Lipinski definition) is 1. The molecule has 1 saturated carbocycles. The molecule has 1 aliphatic rings. The van der Waals surface area contributed by atoms with Gasteiger partial charge < -0.3 is 0 Å². The normalized spacial score (nSPS) is 17.8. The molecule has 0 bridgehead atoms. The maximum absolute atomic E-state index is 11.3. The van der Waals surface area contributed by atoms with Gasteiger partial charge in [0.05, 0.1) is 11.4 Å². The smallest absolute Gasteiger partial charge is 0.209 e. The SMILES string of the molecule is Cc1cc2nccn2nc1CCC1(CCS(N)(=O)=O)CCCC1. The number of aromatic nitrogens is 3. The number of imidazole rings is 1. The van der Waals surface area contributed by atoms with Gasteiger partial charge >= 0.3 is 0 Å². The maximum atomic E-state index is 11.3. The van der Waals surface area contributed by atoms with Crippen LogP contribution in [-0.2, 0) is 16.4 Å². The van der Waals surface area contributed by atoms with Crippen LogP contribution in [0.4, 0.5) is 0 Å². The van der Waals surface area contributed by atoms with Gasteiger partial charge in [0.1, 0.15) is 0 Å². The molecular weight excluding hydrogens is 312 g/mol.